The summed E-state index contributed by atoms with van der Waals surface area (Å²) in [4.78, 5) is 22.9. The number of aromatic carboxylic acids is 1. The predicted molar refractivity (Wildman–Crippen MR) is 91.7 cm³/mol. The zero-order valence-electron chi connectivity index (χ0n) is 13.0. The van der Waals surface area contributed by atoms with Crippen LogP contribution in [-0.2, 0) is 21.3 Å². The molecule has 2 N–H and O–H groups in total. The Labute approximate surface area is 141 Å². The highest BCUT2D eigenvalue weighted by molar-refractivity contribution is 7.84. The first-order valence-electron chi connectivity index (χ1n) is 7.09. The van der Waals surface area contributed by atoms with Crippen LogP contribution in [0.4, 0.5) is 5.69 Å². The minimum atomic E-state index is -1.45. The number of carbonyl (C=O) groups is 2. The molecular weight excluding hydrogens is 330 g/mol. The quantitative estimate of drug-likeness (QED) is 0.801. The van der Waals surface area contributed by atoms with Gasteiger partial charge in [-0.1, -0.05) is 24.3 Å². The first-order chi connectivity index (χ1) is 11.5. The van der Waals surface area contributed by atoms with Gasteiger partial charge in [0.1, 0.15) is 11.5 Å². The highest BCUT2D eigenvalue weighted by Gasteiger charge is 2.12. The minimum Gasteiger partial charge on any atom is -0.495 e. The molecule has 126 valence electrons. The van der Waals surface area contributed by atoms with Gasteiger partial charge in [-0.15, -0.1) is 0 Å². The summed E-state index contributed by atoms with van der Waals surface area (Å²) in [6.45, 7) is 0. The number of hydrogen-bond acceptors (Lipinski definition) is 4. The van der Waals surface area contributed by atoms with Crippen LogP contribution in [0, 0.1) is 0 Å². The van der Waals surface area contributed by atoms with E-state index in [1.165, 1.54) is 19.2 Å². The molecule has 2 rings (SSSR count). The summed E-state index contributed by atoms with van der Waals surface area (Å²) in [5.74, 6) is -0.995. The van der Waals surface area contributed by atoms with Crippen molar-refractivity contribution in [2.24, 2.45) is 0 Å². The number of hydrogen-bond donors (Lipinski definition) is 2. The lowest BCUT2D eigenvalue weighted by atomic mass is 10.1. The number of anilines is 1. The molecule has 0 spiro atoms. The molecule has 1 atom stereocenters. The number of methoxy groups -OCH3 is 1. The van der Waals surface area contributed by atoms with Gasteiger partial charge in [-0.05, 0) is 29.8 Å². The number of nitrogens with one attached hydrogen (secondary N) is 1. The Morgan fingerprint density at radius 3 is 2.62 bits per heavy atom. The third-order valence-corrected chi connectivity index (χ3v) is 4.41. The minimum absolute atomic E-state index is 0.112. The number of benzene rings is 2. The van der Waals surface area contributed by atoms with E-state index in [0.29, 0.717) is 17.0 Å². The largest absolute Gasteiger partial charge is 0.495 e. The summed E-state index contributed by atoms with van der Waals surface area (Å²) in [6.07, 6.45) is 0. The first-order valence-corrected chi connectivity index (χ1v) is 8.58. The van der Waals surface area contributed by atoms with Gasteiger partial charge in [0.2, 0.25) is 5.91 Å². The number of ether oxygens (including phenoxy) is 1. The van der Waals surface area contributed by atoms with E-state index in [0.717, 1.165) is 0 Å². The summed E-state index contributed by atoms with van der Waals surface area (Å²) in [5, 5.41) is 11.6. The lowest BCUT2D eigenvalue weighted by molar-refractivity contribution is -0.113. The van der Waals surface area contributed by atoms with Crippen LogP contribution in [0.2, 0.25) is 0 Å². The van der Waals surface area contributed by atoms with Crippen LogP contribution in [0.5, 0.6) is 5.75 Å². The molecule has 0 fully saturated rings. The van der Waals surface area contributed by atoms with Crippen LogP contribution in [-0.4, -0.2) is 34.1 Å². The molecule has 0 aliphatic heterocycles. The maximum atomic E-state index is 12.1. The van der Waals surface area contributed by atoms with Crippen LogP contribution in [0.1, 0.15) is 15.9 Å². The normalized spacial score (nSPS) is 11.5. The summed E-state index contributed by atoms with van der Waals surface area (Å²) >= 11 is 0. The van der Waals surface area contributed by atoms with Gasteiger partial charge in [0.15, 0.2) is 0 Å². The maximum absolute atomic E-state index is 12.1. The van der Waals surface area contributed by atoms with Crippen molar-refractivity contribution in [3.8, 4) is 5.75 Å². The fraction of sp³-hybridized carbons (Fsp3) is 0.176. The maximum Gasteiger partial charge on any atom is 0.335 e. The van der Waals surface area contributed by atoms with Crippen LogP contribution >= 0.6 is 0 Å². The van der Waals surface area contributed by atoms with E-state index in [4.69, 9.17) is 9.84 Å². The molecule has 2 aromatic rings. The second-order valence-corrected chi connectivity index (χ2v) is 6.44. The monoisotopic (exact) mass is 347 g/mol. The van der Waals surface area contributed by atoms with Crippen LogP contribution in [0.15, 0.2) is 48.5 Å². The third-order valence-electron chi connectivity index (χ3n) is 3.17. The van der Waals surface area contributed by atoms with E-state index >= 15 is 0 Å². The number of carboxylic acid groups (broad SMARTS) is 1. The Bertz CT molecular complexity index is 775. The van der Waals surface area contributed by atoms with Crippen molar-refractivity contribution in [3.05, 3.63) is 59.7 Å². The third kappa shape index (κ3) is 4.92. The molecule has 0 aliphatic rings. The predicted octanol–water partition coefficient (Wildman–Crippen LogP) is 2.28. The van der Waals surface area contributed by atoms with Gasteiger partial charge in [-0.2, -0.15) is 0 Å². The number of para-hydroxylation sites is 2. The van der Waals surface area contributed by atoms with Crippen molar-refractivity contribution in [1.29, 1.82) is 0 Å². The van der Waals surface area contributed by atoms with Gasteiger partial charge in [-0.25, -0.2) is 4.79 Å². The Balaban J connectivity index is 1.96. The average Bonchev–Trinajstić information content (AvgIpc) is 2.55. The number of rotatable bonds is 7. The first kappa shape index (κ1) is 17.7. The Morgan fingerprint density at radius 1 is 1.17 bits per heavy atom. The molecule has 1 unspecified atom stereocenters. The molecule has 0 radical (unpaired) electrons. The van der Waals surface area contributed by atoms with Crippen molar-refractivity contribution in [1.82, 2.24) is 0 Å². The lowest BCUT2D eigenvalue weighted by Crippen LogP contribution is -2.20. The van der Waals surface area contributed by atoms with E-state index in [9.17, 15) is 13.8 Å². The second-order valence-electron chi connectivity index (χ2n) is 4.98. The topological polar surface area (TPSA) is 92.7 Å². The van der Waals surface area contributed by atoms with Gasteiger partial charge in [-0.3, -0.25) is 9.00 Å². The number of carboxylic acids is 1. The zero-order valence-corrected chi connectivity index (χ0v) is 13.8. The standard InChI is InChI=1S/C17H17NO5S/c1-23-15-8-3-2-7-14(15)18-16(19)11-24(22)10-12-5-4-6-13(9-12)17(20)21/h2-9H,10-11H2,1H3,(H,18,19)(H,20,21). The van der Waals surface area contributed by atoms with E-state index in [-0.39, 0.29) is 17.1 Å². The van der Waals surface area contributed by atoms with Gasteiger partial charge < -0.3 is 15.2 Å². The summed E-state index contributed by atoms with van der Waals surface area (Å²) in [7, 11) is 0.0480. The van der Waals surface area contributed by atoms with E-state index in [2.05, 4.69) is 5.32 Å². The van der Waals surface area contributed by atoms with Gasteiger partial charge >= 0.3 is 5.97 Å². The molecule has 2 aromatic carbocycles. The molecule has 0 saturated heterocycles. The molecule has 0 aromatic heterocycles. The van der Waals surface area contributed by atoms with E-state index in [1.807, 2.05) is 0 Å². The van der Waals surface area contributed by atoms with Crippen LogP contribution in [0.3, 0.4) is 0 Å². The zero-order chi connectivity index (χ0) is 17.5. The molecule has 7 heteroatoms. The molecule has 0 heterocycles. The second kappa shape index (κ2) is 8.26. The van der Waals surface area contributed by atoms with E-state index < -0.39 is 22.7 Å². The average molecular weight is 347 g/mol. The fourth-order valence-corrected chi connectivity index (χ4v) is 3.13. The van der Waals surface area contributed by atoms with E-state index in [1.54, 1.807) is 36.4 Å². The Hall–Kier alpha value is -2.67. The molecule has 0 bridgehead atoms. The number of carbonyl (C=O) groups excluding carboxylic acids is 1. The van der Waals surface area contributed by atoms with Crippen LogP contribution < -0.4 is 10.1 Å². The van der Waals surface area contributed by atoms with Gasteiger partial charge in [0, 0.05) is 16.6 Å². The smallest absolute Gasteiger partial charge is 0.335 e. The van der Waals surface area contributed by atoms with Gasteiger partial charge in [0.05, 0.1) is 18.4 Å². The van der Waals surface area contributed by atoms with Crippen LogP contribution in [0.25, 0.3) is 0 Å². The summed E-state index contributed by atoms with van der Waals surface area (Å²) < 4.78 is 17.3. The molecular formula is C17H17NO5S. The SMILES string of the molecule is COc1ccccc1NC(=O)CS(=O)Cc1cccc(C(=O)O)c1. The molecule has 0 saturated carbocycles. The van der Waals surface area contributed by atoms with Gasteiger partial charge in [0.25, 0.3) is 0 Å². The lowest BCUT2D eigenvalue weighted by Gasteiger charge is -2.09. The molecule has 6 nitrogen and oxygen atoms in total. The number of amides is 1. The fourth-order valence-electron chi connectivity index (χ4n) is 2.11. The summed E-state index contributed by atoms with van der Waals surface area (Å²) in [5.41, 5.74) is 1.25. The van der Waals surface area contributed by atoms with Crippen molar-refractivity contribution < 1.29 is 23.6 Å². The molecule has 1 amide bonds. The van der Waals surface area contributed by atoms with Crippen molar-refractivity contribution in [2.75, 3.05) is 18.2 Å². The van der Waals surface area contributed by atoms with Crippen molar-refractivity contribution >= 4 is 28.4 Å². The molecule has 24 heavy (non-hydrogen) atoms. The Morgan fingerprint density at radius 2 is 1.92 bits per heavy atom. The summed E-state index contributed by atoms with van der Waals surface area (Å²) in [6, 6.07) is 13.1. The highest BCUT2D eigenvalue weighted by atomic mass is 32.2. The highest BCUT2D eigenvalue weighted by Crippen LogP contribution is 2.22. The Kier molecular flexibility index (Phi) is 6.08. The molecule has 0 aliphatic carbocycles. The van der Waals surface area contributed by atoms with Crippen molar-refractivity contribution in [3.63, 3.8) is 0 Å². The van der Waals surface area contributed by atoms with Crippen molar-refractivity contribution in [2.45, 2.75) is 5.75 Å².